The normalized spacial score (nSPS) is 20.6. The smallest absolute Gasteiger partial charge is 0.0961 e. The van der Waals surface area contributed by atoms with Crippen LogP contribution in [0, 0.1) is 5.92 Å². The third kappa shape index (κ3) is 5.06. The molecular formula is C14H21BrN2OS. The zero-order valence-electron chi connectivity index (χ0n) is 11.3. The Kier molecular flexibility index (Phi) is 6.64. The van der Waals surface area contributed by atoms with E-state index in [0.717, 1.165) is 35.0 Å². The third-order valence-electron chi connectivity index (χ3n) is 3.30. The fourth-order valence-corrected chi connectivity index (χ4v) is 3.45. The average molecular weight is 345 g/mol. The van der Waals surface area contributed by atoms with Crippen molar-refractivity contribution in [2.45, 2.75) is 30.8 Å². The fraction of sp³-hybridized carbons (Fsp3) is 0.643. The van der Waals surface area contributed by atoms with Crippen LogP contribution in [0.5, 0.6) is 0 Å². The zero-order chi connectivity index (χ0) is 13.5. The number of nitrogens with one attached hydrogen (secondary N) is 1. The Bertz CT molecular complexity index is 368. The molecule has 2 unspecified atom stereocenters. The van der Waals surface area contributed by atoms with E-state index in [2.05, 4.69) is 39.2 Å². The highest BCUT2D eigenvalue weighted by molar-refractivity contribution is 9.10. The molecule has 1 aliphatic rings. The highest BCUT2D eigenvalue weighted by atomic mass is 79.9. The lowest BCUT2D eigenvalue weighted by Crippen LogP contribution is -2.39. The second-order valence-corrected chi connectivity index (χ2v) is 6.77. The zero-order valence-corrected chi connectivity index (χ0v) is 13.7. The summed E-state index contributed by atoms with van der Waals surface area (Å²) in [4.78, 5) is 4.41. The summed E-state index contributed by atoms with van der Waals surface area (Å²) in [5.74, 6) is 1.71. The quantitative estimate of drug-likeness (QED) is 0.769. The highest BCUT2D eigenvalue weighted by Gasteiger charge is 2.25. The predicted molar refractivity (Wildman–Crippen MR) is 83.7 cm³/mol. The molecule has 0 aliphatic carbocycles. The minimum atomic E-state index is 0.526. The van der Waals surface area contributed by atoms with Crippen molar-refractivity contribution in [3.05, 3.63) is 22.8 Å². The molecule has 19 heavy (non-hydrogen) atoms. The molecule has 106 valence electrons. The lowest BCUT2D eigenvalue weighted by atomic mass is 10.0. The molecule has 1 fully saturated rings. The van der Waals surface area contributed by atoms with Gasteiger partial charge in [0.25, 0.3) is 0 Å². The molecule has 0 saturated carbocycles. The maximum atomic E-state index is 5.51. The van der Waals surface area contributed by atoms with Gasteiger partial charge in [-0.15, -0.1) is 11.8 Å². The summed E-state index contributed by atoms with van der Waals surface area (Å²) in [6.07, 6.45) is 4.20. The van der Waals surface area contributed by atoms with Crippen LogP contribution in [0.15, 0.2) is 27.8 Å². The van der Waals surface area contributed by atoms with Crippen LogP contribution in [0.2, 0.25) is 0 Å². The lowest BCUT2D eigenvalue weighted by molar-refractivity contribution is 0.179. The molecule has 1 aromatic heterocycles. The summed E-state index contributed by atoms with van der Waals surface area (Å²) in [6, 6.07) is 4.64. The molecule has 5 heteroatoms. The summed E-state index contributed by atoms with van der Waals surface area (Å²) in [5, 5.41) is 4.74. The van der Waals surface area contributed by atoms with Crippen LogP contribution in [0.25, 0.3) is 0 Å². The van der Waals surface area contributed by atoms with E-state index in [9.17, 15) is 0 Å². The van der Waals surface area contributed by atoms with Crippen LogP contribution >= 0.6 is 27.7 Å². The number of pyridine rings is 1. The number of hydrogen-bond acceptors (Lipinski definition) is 4. The second kappa shape index (κ2) is 8.25. The first-order valence-corrected chi connectivity index (χ1v) is 8.63. The van der Waals surface area contributed by atoms with Crippen LogP contribution in [-0.2, 0) is 4.74 Å². The molecule has 2 heterocycles. The molecule has 0 amide bonds. The Labute approximate surface area is 128 Å². The lowest BCUT2D eigenvalue weighted by Gasteiger charge is -2.23. The van der Waals surface area contributed by atoms with Gasteiger partial charge in [-0.25, -0.2) is 4.98 Å². The Balaban J connectivity index is 1.86. The number of rotatable bonds is 7. The molecule has 1 aliphatic heterocycles. The van der Waals surface area contributed by atoms with Crippen molar-refractivity contribution < 1.29 is 4.74 Å². The number of aromatic nitrogens is 1. The third-order valence-corrected chi connectivity index (χ3v) is 4.83. The standard InChI is InChI=1S/C14H21BrN2OS/c1-2-6-16-13(11-5-7-18-9-11)10-19-14-4-3-12(15)8-17-14/h3-4,8,11,13,16H,2,5-7,9-10H2,1H3. The summed E-state index contributed by atoms with van der Waals surface area (Å²) in [5.41, 5.74) is 0. The van der Waals surface area contributed by atoms with Gasteiger partial charge in [0.05, 0.1) is 11.6 Å². The molecule has 0 spiro atoms. The minimum absolute atomic E-state index is 0.526. The van der Waals surface area contributed by atoms with E-state index in [1.54, 1.807) is 0 Å². The average Bonchev–Trinajstić information content (AvgIpc) is 2.95. The Hall–Kier alpha value is -0.100. The molecular weight excluding hydrogens is 324 g/mol. The van der Waals surface area contributed by atoms with Gasteiger partial charge in [0.1, 0.15) is 0 Å². The Morgan fingerprint density at radius 3 is 3.11 bits per heavy atom. The van der Waals surface area contributed by atoms with Crippen molar-refractivity contribution in [3.63, 3.8) is 0 Å². The first-order chi connectivity index (χ1) is 9.29. The number of thioether (sulfide) groups is 1. The van der Waals surface area contributed by atoms with E-state index < -0.39 is 0 Å². The molecule has 2 atom stereocenters. The summed E-state index contributed by atoms with van der Waals surface area (Å²) < 4.78 is 6.54. The van der Waals surface area contributed by atoms with Crippen molar-refractivity contribution >= 4 is 27.7 Å². The highest BCUT2D eigenvalue weighted by Crippen LogP contribution is 2.24. The van der Waals surface area contributed by atoms with Crippen molar-refractivity contribution in [3.8, 4) is 0 Å². The van der Waals surface area contributed by atoms with Gasteiger partial charge in [-0.3, -0.25) is 0 Å². The summed E-state index contributed by atoms with van der Waals surface area (Å²) in [6.45, 7) is 5.10. The van der Waals surface area contributed by atoms with Crippen molar-refractivity contribution in [2.24, 2.45) is 5.92 Å². The maximum Gasteiger partial charge on any atom is 0.0961 e. The molecule has 0 bridgehead atoms. The molecule has 1 N–H and O–H groups in total. The van der Waals surface area contributed by atoms with Crippen molar-refractivity contribution in [1.82, 2.24) is 10.3 Å². The van der Waals surface area contributed by atoms with Gasteiger partial charge < -0.3 is 10.1 Å². The van der Waals surface area contributed by atoms with Crippen molar-refractivity contribution in [1.29, 1.82) is 0 Å². The second-order valence-electron chi connectivity index (χ2n) is 4.81. The number of nitrogens with zero attached hydrogens (tertiary/aromatic N) is 1. The maximum absolute atomic E-state index is 5.51. The molecule has 1 aromatic rings. The van der Waals surface area contributed by atoms with Crippen LogP contribution in [0.3, 0.4) is 0 Å². The fourth-order valence-electron chi connectivity index (χ4n) is 2.18. The largest absolute Gasteiger partial charge is 0.381 e. The molecule has 1 saturated heterocycles. The SMILES string of the molecule is CCCNC(CSc1ccc(Br)cn1)C1CCOC1. The number of halogens is 1. The number of ether oxygens (including phenoxy) is 1. The van der Waals surface area contributed by atoms with E-state index in [0.29, 0.717) is 12.0 Å². The van der Waals surface area contributed by atoms with Crippen LogP contribution in [0.1, 0.15) is 19.8 Å². The number of hydrogen-bond donors (Lipinski definition) is 1. The van der Waals surface area contributed by atoms with E-state index in [1.165, 1.54) is 12.8 Å². The van der Waals surface area contributed by atoms with E-state index in [1.807, 2.05) is 24.0 Å². The summed E-state index contributed by atoms with van der Waals surface area (Å²) >= 11 is 5.24. The Morgan fingerprint density at radius 2 is 2.47 bits per heavy atom. The van der Waals surface area contributed by atoms with Crippen LogP contribution in [-0.4, -0.2) is 36.5 Å². The van der Waals surface area contributed by atoms with E-state index >= 15 is 0 Å². The van der Waals surface area contributed by atoms with Gasteiger partial charge in [0.2, 0.25) is 0 Å². The van der Waals surface area contributed by atoms with Gasteiger partial charge in [-0.05, 0) is 47.4 Å². The van der Waals surface area contributed by atoms with Gasteiger partial charge in [-0.1, -0.05) is 6.92 Å². The summed E-state index contributed by atoms with van der Waals surface area (Å²) in [7, 11) is 0. The topological polar surface area (TPSA) is 34.2 Å². The minimum Gasteiger partial charge on any atom is -0.381 e. The molecule has 3 nitrogen and oxygen atoms in total. The molecule has 2 rings (SSSR count). The first-order valence-electron chi connectivity index (χ1n) is 6.85. The van der Waals surface area contributed by atoms with Gasteiger partial charge >= 0.3 is 0 Å². The van der Waals surface area contributed by atoms with Gasteiger partial charge in [0, 0.05) is 35.0 Å². The predicted octanol–water partition coefficient (Wildman–Crippen LogP) is 3.34. The van der Waals surface area contributed by atoms with E-state index in [-0.39, 0.29) is 0 Å². The van der Waals surface area contributed by atoms with Gasteiger partial charge in [-0.2, -0.15) is 0 Å². The molecule has 0 aromatic carbocycles. The van der Waals surface area contributed by atoms with Crippen LogP contribution < -0.4 is 5.32 Å². The Morgan fingerprint density at radius 1 is 1.58 bits per heavy atom. The van der Waals surface area contributed by atoms with Gasteiger partial charge in [0.15, 0.2) is 0 Å². The van der Waals surface area contributed by atoms with E-state index in [4.69, 9.17) is 4.74 Å². The monoisotopic (exact) mass is 344 g/mol. The van der Waals surface area contributed by atoms with Crippen LogP contribution in [0.4, 0.5) is 0 Å². The first kappa shape index (κ1) is 15.3. The van der Waals surface area contributed by atoms with Crippen molar-refractivity contribution in [2.75, 3.05) is 25.5 Å². The molecule has 0 radical (unpaired) electrons.